The molecule has 1 aromatic heterocycles. The summed E-state index contributed by atoms with van der Waals surface area (Å²) >= 11 is 0. The van der Waals surface area contributed by atoms with Crippen LogP contribution >= 0.6 is 0 Å². The van der Waals surface area contributed by atoms with E-state index in [1.54, 1.807) is 0 Å². The van der Waals surface area contributed by atoms with Crippen molar-refractivity contribution in [3.8, 4) is 0 Å². The Morgan fingerprint density at radius 1 is 1.22 bits per heavy atom. The average Bonchev–Trinajstić information content (AvgIpc) is 2.82. The van der Waals surface area contributed by atoms with E-state index in [0.717, 1.165) is 19.6 Å². The van der Waals surface area contributed by atoms with Crippen LogP contribution in [0.5, 0.6) is 0 Å². The zero-order chi connectivity index (χ0) is 12.4. The molecule has 0 saturated heterocycles. The Balaban J connectivity index is 1.77. The molecule has 2 heterocycles. The summed E-state index contributed by atoms with van der Waals surface area (Å²) in [6.07, 6.45) is 3.77. The Morgan fingerprint density at radius 2 is 2.17 bits per heavy atom. The second-order valence-electron chi connectivity index (χ2n) is 4.70. The second-order valence-corrected chi connectivity index (χ2v) is 4.70. The summed E-state index contributed by atoms with van der Waals surface area (Å²) in [4.78, 5) is 6.62. The van der Waals surface area contributed by atoms with E-state index in [9.17, 15) is 0 Å². The summed E-state index contributed by atoms with van der Waals surface area (Å²) < 4.78 is 0. The molecule has 1 aromatic carbocycles. The Hall–Kier alpha value is -1.87. The van der Waals surface area contributed by atoms with E-state index in [0.29, 0.717) is 0 Å². The molecular weight excluding hydrogens is 222 g/mol. The number of nitrogens with one attached hydrogen (secondary N) is 1. The lowest BCUT2D eigenvalue weighted by atomic mass is 10.1. The average molecular weight is 239 g/mol. The summed E-state index contributed by atoms with van der Waals surface area (Å²) in [5.41, 5.74) is 5.40. The molecular formula is C15H17N3. The lowest BCUT2D eigenvalue weighted by Gasteiger charge is -2.14. The lowest BCUT2D eigenvalue weighted by Crippen LogP contribution is -2.15. The van der Waals surface area contributed by atoms with Crippen LogP contribution in [0.2, 0.25) is 0 Å². The number of nitrogens with zero attached hydrogens (tertiary/aromatic N) is 2. The molecule has 3 rings (SSSR count). The van der Waals surface area contributed by atoms with Gasteiger partial charge in [-0.25, -0.2) is 0 Å². The number of benzene rings is 1. The van der Waals surface area contributed by atoms with Crippen LogP contribution in [0.4, 0.5) is 5.69 Å². The minimum absolute atomic E-state index is 0.964. The van der Waals surface area contributed by atoms with E-state index in [1.165, 1.54) is 22.4 Å². The highest BCUT2D eigenvalue weighted by molar-refractivity contribution is 5.55. The molecule has 1 N–H and O–H groups in total. The molecule has 3 heteroatoms. The monoisotopic (exact) mass is 239 g/mol. The molecule has 0 aliphatic carbocycles. The first kappa shape index (κ1) is 11.2. The summed E-state index contributed by atoms with van der Waals surface area (Å²) in [6, 6.07) is 10.6. The summed E-state index contributed by atoms with van der Waals surface area (Å²) in [5.74, 6) is 0. The molecule has 0 unspecified atom stereocenters. The predicted octanol–water partition coefficient (Wildman–Crippen LogP) is 2.64. The first-order valence-electron chi connectivity index (χ1n) is 6.26. The van der Waals surface area contributed by atoms with Gasteiger partial charge in [0.15, 0.2) is 0 Å². The first-order valence-corrected chi connectivity index (χ1v) is 6.26. The van der Waals surface area contributed by atoms with Crippen molar-refractivity contribution in [2.45, 2.75) is 19.6 Å². The summed E-state index contributed by atoms with van der Waals surface area (Å²) in [5, 5.41) is 3.27. The van der Waals surface area contributed by atoms with Crippen molar-refractivity contribution < 1.29 is 0 Å². The molecule has 92 valence electrons. The predicted molar refractivity (Wildman–Crippen MR) is 73.2 cm³/mol. The van der Waals surface area contributed by atoms with Gasteiger partial charge in [0.1, 0.15) is 0 Å². The highest BCUT2D eigenvalue weighted by Crippen LogP contribution is 2.29. The van der Waals surface area contributed by atoms with Crippen molar-refractivity contribution in [3.63, 3.8) is 0 Å². The molecule has 18 heavy (non-hydrogen) atoms. The van der Waals surface area contributed by atoms with Crippen molar-refractivity contribution >= 4 is 5.69 Å². The number of aromatic nitrogens is 1. The topological polar surface area (TPSA) is 28.2 Å². The number of anilines is 1. The van der Waals surface area contributed by atoms with Crippen molar-refractivity contribution in [2.75, 3.05) is 12.4 Å². The van der Waals surface area contributed by atoms with Gasteiger partial charge >= 0.3 is 0 Å². The largest absolute Gasteiger partial charge is 0.388 e. The molecule has 3 nitrogen and oxygen atoms in total. The van der Waals surface area contributed by atoms with Crippen LogP contribution in [0.1, 0.15) is 16.7 Å². The van der Waals surface area contributed by atoms with E-state index in [4.69, 9.17) is 0 Å². The third-order valence-corrected chi connectivity index (χ3v) is 3.45. The van der Waals surface area contributed by atoms with Crippen molar-refractivity contribution in [3.05, 3.63) is 59.4 Å². The minimum Gasteiger partial charge on any atom is -0.388 e. The number of fused-ring (bicyclic) bond motifs is 1. The summed E-state index contributed by atoms with van der Waals surface area (Å²) in [6.45, 7) is 3.01. The molecule has 0 amide bonds. The van der Waals surface area contributed by atoms with Crippen LogP contribution in [0.15, 0.2) is 42.7 Å². The van der Waals surface area contributed by atoms with Gasteiger partial charge in [-0.3, -0.25) is 9.88 Å². The highest BCUT2D eigenvalue weighted by Gasteiger charge is 2.20. The summed E-state index contributed by atoms with van der Waals surface area (Å²) in [7, 11) is 1.99. The third-order valence-electron chi connectivity index (χ3n) is 3.45. The normalized spacial score (nSPS) is 14.5. The van der Waals surface area contributed by atoms with Crippen molar-refractivity contribution in [1.29, 1.82) is 0 Å². The zero-order valence-electron chi connectivity index (χ0n) is 10.6. The molecule has 0 fully saturated rings. The van der Waals surface area contributed by atoms with Gasteiger partial charge in [-0.2, -0.15) is 0 Å². The first-order chi connectivity index (χ1) is 8.86. The molecule has 0 saturated carbocycles. The number of pyridine rings is 1. The van der Waals surface area contributed by atoms with E-state index in [1.807, 2.05) is 25.5 Å². The molecule has 0 radical (unpaired) electrons. The second kappa shape index (κ2) is 4.78. The minimum atomic E-state index is 0.964. The molecule has 2 aromatic rings. The molecule has 0 bridgehead atoms. The van der Waals surface area contributed by atoms with Crippen LogP contribution in [0, 0.1) is 0 Å². The maximum absolute atomic E-state index is 4.17. The van der Waals surface area contributed by atoms with Gasteiger partial charge in [-0.1, -0.05) is 18.2 Å². The van der Waals surface area contributed by atoms with Gasteiger partial charge in [-0.15, -0.1) is 0 Å². The van der Waals surface area contributed by atoms with Crippen LogP contribution < -0.4 is 5.32 Å². The van der Waals surface area contributed by atoms with E-state index < -0.39 is 0 Å². The maximum Gasteiger partial charge on any atom is 0.0386 e. The molecule has 0 spiro atoms. The standard InChI is InChI=1S/C15H17N3/c1-16-15-6-2-5-13-10-18(11-14(13)15)9-12-4-3-7-17-8-12/h2-8,16H,9-11H2,1H3. The van der Waals surface area contributed by atoms with Crippen LogP contribution in [-0.4, -0.2) is 16.9 Å². The fraction of sp³-hybridized carbons (Fsp3) is 0.267. The van der Waals surface area contributed by atoms with E-state index >= 15 is 0 Å². The van der Waals surface area contributed by atoms with Gasteiger partial charge in [0.05, 0.1) is 0 Å². The number of hydrogen-bond donors (Lipinski definition) is 1. The Labute approximate surface area is 107 Å². The van der Waals surface area contributed by atoms with Gasteiger partial charge in [0, 0.05) is 44.8 Å². The quantitative estimate of drug-likeness (QED) is 0.892. The Morgan fingerprint density at radius 3 is 2.94 bits per heavy atom. The fourth-order valence-corrected chi connectivity index (χ4v) is 2.59. The van der Waals surface area contributed by atoms with Gasteiger partial charge < -0.3 is 5.32 Å². The number of hydrogen-bond acceptors (Lipinski definition) is 3. The van der Waals surface area contributed by atoms with Crippen molar-refractivity contribution in [2.24, 2.45) is 0 Å². The van der Waals surface area contributed by atoms with E-state index in [2.05, 4.69) is 39.5 Å². The molecule has 1 aliphatic rings. The maximum atomic E-state index is 4.17. The highest BCUT2D eigenvalue weighted by atomic mass is 15.1. The third kappa shape index (κ3) is 2.09. The van der Waals surface area contributed by atoms with Crippen LogP contribution in [-0.2, 0) is 19.6 Å². The number of rotatable bonds is 3. The van der Waals surface area contributed by atoms with Gasteiger partial charge in [0.2, 0.25) is 0 Å². The zero-order valence-corrected chi connectivity index (χ0v) is 10.6. The van der Waals surface area contributed by atoms with E-state index in [-0.39, 0.29) is 0 Å². The molecule has 1 aliphatic heterocycles. The molecule has 0 atom stereocenters. The van der Waals surface area contributed by atoms with Gasteiger partial charge in [0.25, 0.3) is 0 Å². The van der Waals surface area contributed by atoms with Crippen LogP contribution in [0.3, 0.4) is 0 Å². The van der Waals surface area contributed by atoms with Crippen LogP contribution in [0.25, 0.3) is 0 Å². The van der Waals surface area contributed by atoms with Crippen molar-refractivity contribution in [1.82, 2.24) is 9.88 Å². The SMILES string of the molecule is CNc1cccc2c1CN(Cc1cccnc1)C2. The Bertz CT molecular complexity index is 537. The van der Waals surface area contributed by atoms with Gasteiger partial charge in [-0.05, 0) is 28.8 Å². The fourth-order valence-electron chi connectivity index (χ4n) is 2.59. The Kier molecular flexibility index (Phi) is 2.99. The smallest absolute Gasteiger partial charge is 0.0386 e. The lowest BCUT2D eigenvalue weighted by molar-refractivity contribution is 0.275.